The molecular formula is C17H15N3O2S. The molecule has 0 aliphatic rings. The highest BCUT2D eigenvalue weighted by molar-refractivity contribution is 7.13. The Morgan fingerprint density at radius 3 is 2.52 bits per heavy atom. The number of nitrogens with one attached hydrogen (secondary N) is 2. The Morgan fingerprint density at radius 2 is 1.78 bits per heavy atom. The molecule has 0 fully saturated rings. The van der Waals surface area contributed by atoms with Crippen molar-refractivity contribution in [1.29, 1.82) is 0 Å². The second-order valence-electron chi connectivity index (χ2n) is 4.78. The summed E-state index contributed by atoms with van der Waals surface area (Å²) >= 11 is 1.36. The minimum Gasteiger partial charge on any atom is -0.455 e. The van der Waals surface area contributed by atoms with Crippen molar-refractivity contribution in [3.63, 3.8) is 0 Å². The van der Waals surface area contributed by atoms with E-state index >= 15 is 0 Å². The molecule has 0 unspecified atom stereocenters. The molecule has 0 atom stereocenters. The maximum Gasteiger partial charge on any atom is 0.325 e. The highest BCUT2D eigenvalue weighted by Gasteiger charge is 2.10. The van der Waals surface area contributed by atoms with Crippen LogP contribution in [0.15, 0.2) is 60.1 Å². The number of benzene rings is 2. The van der Waals surface area contributed by atoms with Gasteiger partial charge < -0.3 is 10.1 Å². The Labute approximate surface area is 138 Å². The summed E-state index contributed by atoms with van der Waals surface area (Å²) < 4.78 is 5.92. The number of hydrogen-bond acceptors (Lipinski definition) is 4. The Bertz CT molecular complexity index is 803. The number of anilines is 2. The van der Waals surface area contributed by atoms with Gasteiger partial charge >= 0.3 is 6.03 Å². The van der Waals surface area contributed by atoms with Gasteiger partial charge in [0.05, 0.1) is 5.69 Å². The highest BCUT2D eigenvalue weighted by Crippen LogP contribution is 2.31. The number of carbonyl (C=O) groups excluding carboxylic acids is 1. The summed E-state index contributed by atoms with van der Waals surface area (Å²) in [6.07, 6.45) is 1.63. The second-order valence-corrected chi connectivity index (χ2v) is 5.67. The zero-order valence-electron chi connectivity index (χ0n) is 12.4. The lowest BCUT2D eigenvalue weighted by molar-refractivity contribution is 0.262. The van der Waals surface area contributed by atoms with Gasteiger partial charge in [-0.15, -0.1) is 11.3 Å². The van der Waals surface area contributed by atoms with Gasteiger partial charge in [-0.3, -0.25) is 5.32 Å². The van der Waals surface area contributed by atoms with Crippen molar-refractivity contribution < 1.29 is 9.53 Å². The molecule has 0 radical (unpaired) electrons. The first-order chi connectivity index (χ1) is 11.2. The first kappa shape index (κ1) is 15.1. The van der Waals surface area contributed by atoms with E-state index in [1.54, 1.807) is 17.6 Å². The van der Waals surface area contributed by atoms with E-state index in [0.717, 1.165) is 11.3 Å². The molecule has 1 heterocycles. The molecule has 6 heteroatoms. The van der Waals surface area contributed by atoms with E-state index in [2.05, 4.69) is 15.6 Å². The van der Waals surface area contributed by atoms with Crippen LogP contribution in [-0.2, 0) is 0 Å². The number of nitrogens with zero attached hydrogens (tertiary/aromatic N) is 1. The van der Waals surface area contributed by atoms with Crippen molar-refractivity contribution in [2.75, 3.05) is 10.6 Å². The van der Waals surface area contributed by atoms with Crippen LogP contribution in [0.25, 0.3) is 0 Å². The quantitative estimate of drug-likeness (QED) is 0.718. The summed E-state index contributed by atoms with van der Waals surface area (Å²) in [5.41, 5.74) is 1.61. The summed E-state index contributed by atoms with van der Waals surface area (Å²) in [5.74, 6) is 1.33. The summed E-state index contributed by atoms with van der Waals surface area (Å²) in [7, 11) is 0. The Kier molecular flexibility index (Phi) is 4.54. The van der Waals surface area contributed by atoms with Gasteiger partial charge in [0.25, 0.3) is 0 Å². The Hall–Kier alpha value is -2.86. The van der Waals surface area contributed by atoms with Gasteiger partial charge in [0.2, 0.25) is 0 Å². The van der Waals surface area contributed by atoms with Crippen molar-refractivity contribution in [1.82, 2.24) is 4.98 Å². The molecule has 1 aromatic heterocycles. The molecule has 5 nitrogen and oxygen atoms in total. The number of carbonyl (C=O) groups is 1. The molecule has 2 amide bonds. The smallest absolute Gasteiger partial charge is 0.325 e. The Morgan fingerprint density at radius 1 is 1.04 bits per heavy atom. The van der Waals surface area contributed by atoms with Gasteiger partial charge in [-0.25, -0.2) is 9.78 Å². The van der Waals surface area contributed by atoms with Gasteiger partial charge in [0.1, 0.15) is 5.75 Å². The molecule has 2 N–H and O–H groups in total. The molecular weight excluding hydrogens is 310 g/mol. The van der Waals surface area contributed by atoms with Gasteiger partial charge in [-0.05, 0) is 30.7 Å². The third-order valence-corrected chi connectivity index (χ3v) is 3.79. The van der Waals surface area contributed by atoms with Crippen LogP contribution in [0.1, 0.15) is 5.56 Å². The van der Waals surface area contributed by atoms with Crippen molar-refractivity contribution in [2.45, 2.75) is 6.92 Å². The number of aryl methyl sites for hydroxylation is 1. The van der Waals surface area contributed by atoms with Gasteiger partial charge in [-0.2, -0.15) is 0 Å². The van der Waals surface area contributed by atoms with Crippen LogP contribution < -0.4 is 15.4 Å². The lowest BCUT2D eigenvalue weighted by Gasteiger charge is -2.13. The van der Waals surface area contributed by atoms with Crippen LogP contribution in [-0.4, -0.2) is 11.0 Å². The summed E-state index contributed by atoms with van der Waals surface area (Å²) in [6.45, 7) is 1.97. The number of amides is 2. The van der Waals surface area contributed by atoms with E-state index in [9.17, 15) is 4.79 Å². The normalized spacial score (nSPS) is 10.1. The summed E-state index contributed by atoms with van der Waals surface area (Å²) in [5, 5.41) is 7.79. The standard InChI is InChI=1S/C17H15N3O2S/c1-12-6-2-4-8-14(12)22-15-9-5-3-7-13(15)19-16(21)20-17-18-10-11-23-17/h2-11H,1H3,(H2,18,19,20,21). The molecule has 3 aromatic rings. The topological polar surface area (TPSA) is 63.2 Å². The lowest BCUT2D eigenvalue weighted by Crippen LogP contribution is -2.19. The zero-order chi connectivity index (χ0) is 16.1. The van der Waals surface area contributed by atoms with Gasteiger partial charge in [-0.1, -0.05) is 30.3 Å². The molecule has 0 spiro atoms. The van der Waals surface area contributed by atoms with Crippen LogP contribution in [0.4, 0.5) is 15.6 Å². The predicted molar refractivity (Wildman–Crippen MR) is 92.5 cm³/mol. The van der Waals surface area contributed by atoms with Crippen molar-refractivity contribution >= 4 is 28.2 Å². The Balaban J connectivity index is 1.75. The number of rotatable bonds is 4. The average molecular weight is 325 g/mol. The third-order valence-electron chi connectivity index (χ3n) is 3.10. The van der Waals surface area contributed by atoms with Crippen LogP contribution >= 0.6 is 11.3 Å². The van der Waals surface area contributed by atoms with Gasteiger partial charge in [0, 0.05) is 11.6 Å². The molecule has 116 valence electrons. The molecule has 3 rings (SSSR count). The first-order valence-corrected chi connectivity index (χ1v) is 7.90. The summed E-state index contributed by atoms with van der Waals surface area (Å²) in [4.78, 5) is 16.1. The monoisotopic (exact) mass is 325 g/mol. The van der Waals surface area contributed by atoms with Crippen LogP contribution in [0.3, 0.4) is 0 Å². The largest absolute Gasteiger partial charge is 0.455 e. The number of thiazole rings is 1. The van der Waals surface area contributed by atoms with Crippen LogP contribution in [0, 0.1) is 6.92 Å². The van der Waals surface area contributed by atoms with E-state index in [-0.39, 0.29) is 6.03 Å². The van der Waals surface area contributed by atoms with Crippen molar-refractivity contribution in [3.8, 4) is 11.5 Å². The number of hydrogen-bond donors (Lipinski definition) is 2. The first-order valence-electron chi connectivity index (χ1n) is 7.02. The van der Waals surface area contributed by atoms with E-state index in [1.165, 1.54) is 11.3 Å². The minimum absolute atomic E-state index is 0.360. The maximum atomic E-state index is 12.0. The van der Waals surface area contributed by atoms with E-state index in [4.69, 9.17) is 4.74 Å². The predicted octanol–water partition coefficient (Wildman–Crippen LogP) is 4.89. The average Bonchev–Trinajstić information content (AvgIpc) is 3.04. The fourth-order valence-electron chi connectivity index (χ4n) is 1.98. The van der Waals surface area contributed by atoms with E-state index in [1.807, 2.05) is 49.4 Å². The number of aromatic nitrogens is 1. The molecule has 2 aromatic carbocycles. The SMILES string of the molecule is Cc1ccccc1Oc1ccccc1NC(=O)Nc1nccs1. The fourth-order valence-corrected chi connectivity index (χ4v) is 2.51. The molecule has 23 heavy (non-hydrogen) atoms. The van der Waals surface area contributed by atoms with Crippen molar-refractivity contribution in [3.05, 3.63) is 65.7 Å². The van der Waals surface area contributed by atoms with Crippen LogP contribution in [0.5, 0.6) is 11.5 Å². The second kappa shape index (κ2) is 6.93. The molecule has 0 saturated heterocycles. The van der Waals surface area contributed by atoms with E-state index in [0.29, 0.717) is 16.6 Å². The zero-order valence-corrected chi connectivity index (χ0v) is 13.3. The highest BCUT2D eigenvalue weighted by atomic mass is 32.1. The molecule has 0 aliphatic heterocycles. The van der Waals surface area contributed by atoms with Crippen molar-refractivity contribution in [2.24, 2.45) is 0 Å². The number of urea groups is 1. The van der Waals surface area contributed by atoms with Crippen LogP contribution in [0.2, 0.25) is 0 Å². The molecule has 0 aliphatic carbocycles. The number of ether oxygens (including phenoxy) is 1. The molecule has 0 saturated carbocycles. The van der Waals surface area contributed by atoms with Gasteiger partial charge in [0.15, 0.2) is 10.9 Å². The molecule has 0 bridgehead atoms. The van der Waals surface area contributed by atoms with E-state index < -0.39 is 0 Å². The lowest BCUT2D eigenvalue weighted by atomic mass is 10.2. The minimum atomic E-state index is -0.360. The maximum absolute atomic E-state index is 12.0. The summed E-state index contributed by atoms with van der Waals surface area (Å²) in [6, 6.07) is 14.7. The number of para-hydroxylation sites is 3. The third kappa shape index (κ3) is 3.87. The fraction of sp³-hybridized carbons (Fsp3) is 0.0588.